The molecular formula is C20H22ClN3O2. The standard InChI is InChI=1S/C20H22ClN3O2/c1-15-17(14-23-24-15)13-22-12-16-2-6-19(7-3-16)25-10-11-26-20-8-4-18(21)5-9-20/h2-9,14,22H,10-13H2,1H3,(H,23,24). The minimum Gasteiger partial charge on any atom is -0.490 e. The first-order chi connectivity index (χ1) is 12.7. The van der Waals surface area contributed by atoms with E-state index < -0.39 is 0 Å². The van der Waals surface area contributed by atoms with Gasteiger partial charge in [-0.2, -0.15) is 5.10 Å². The fourth-order valence-electron chi connectivity index (χ4n) is 2.45. The van der Waals surface area contributed by atoms with Gasteiger partial charge < -0.3 is 14.8 Å². The molecule has 0 aliphatic carbocycles. The van der Waals surface area contributed by atoms with Crippen molar-refractivity contribution in [2.75, 3.05) is 13.2 Å². The number of aryl methyl sites for hydroxylation is 1. The fraction of sp³-hybridized carbons (Fsp3) is 0.250. The number of halogens is 1. The predicted octanol–water partition coefficient (Wildman–Crippen LogP) is 4.12. The molecule has 0 saturated carbocycles. The quantitative estimate of drug-likeness (QED) is 0.555. The lowest BCUT2D eigenvalue weighted by molar-refractivity contribution is 0.217. The fourth-order valence-corrected chi connectivity index (χ4v) is 2.57. The number of hydrogen-bond donors (Lipinski definition) is 2. The lowest BCUT2D eigenvalue weighted by Crippen LogP contribution is -2.13. The summed E-state index contributed by atoms with van der Waals surface area (Å²) in [7, 11) is 0. The zero-order valence-electron chi connectivity index (χ0n) is 14.7. The van der Waals surface area contributed by atoms with Crippen molar-refractivity contribution in [1.29, 1.82) is 0 Å². The highest BCUT2D eigenvalue weighted by molar-refractivity contribution is 6.30. The first-order valence-corrected chi connectivity index (χ1v) is 8.88. The molecule has 26 heavy (non-hydrogen) atoms. The van der Waals surface area contributed by atoms with Crippen LogP contribution in [0.5, 0.6) is 11.5 Å². The maximum Gasteiger partial charge on any atom is 0.122 e. The maximum absolute atomic E-state index is 5.84. The van der Waals surface area contributed by atoms with E-state index in [1.807, 2.05) is 37.4 Å². The van der Waals surface area contributed by atoms with Gasteiger partial charge >= 0.3 is 0 Å². The van der Waals surface area contributed by atoms with Gasteiger partial charge in [-0.3, -0.25) is 5.10 Å². The molecular weight excluding hydrogens is 350 g/mol. The van der Waals surface area contributed by atoms with Crippen molar-refractivity contribution < 1.29 is 9.47 Å². The highest BCUT2D eigenvalue weighted by atomic mass is 35.5. The molecule has 0 fully saturated rings. The van der Waals surface area contributed by atoms with Crippen LogP contribution >= 0.6 is 11.6 Å². The molecule has 0 atom stereocenters. The zero-order chi connectivity index (χ0) is 18.2. The molecule has 3 rings (SSSR count). The summed E-state index contributed by atoms with van der Waals surface area (Å²) in [5.74, 6) is 1.62. The first-order valence-electron chi connectivity index (χ1n) is 8.50. The zero-order valence-corrected chi connectivity index (χ0v) is 15.4. The molecule has 0 aliphatic heterocycles. The van der Waals surface area contributed by atoms with Crippen LogP contribution in [0.1, 0.15) is 16.8 Å². The topological polar surface area (TPSA) is 59.2 Å². The van der Waals surface area contributed by atoms with Gasteiger partial charge in [-0.05, 0) is 48.9 Å². The summed E-state index contributed by atoms with van der Waals surface area (Å²) >= 11 is 5.84. The second-order valence-electron chi connectivity index (χ2n) is 5.92. The van der Waals surface area contributed by atoms with E-state index in [4.69, 9.17) is 21.1 Å². The molecule has 0 spiro atoms. The molecule has 5 nitrogen and oxygen atoms in total. The summed E-state index contributed by atoms with van der Waals surface area (Å²) in [4.78, 5) is 0. The van der Waals surface area contributed by atoms with Gasteiger partial charge in [-0.1, -0.05) is 23.7 Å². The van der Waals surface area contributed by atoms with Crippen LogP contribution in [0.3, 0.4) is 0 Å². The normalized spacial score (nSPS) is 10.7. The monoisotopic (exact) mass is 371 g/mol. The van der Waals surface area contributed by atoms with Crippen LogP contribution in [-0.2, 0) is 13.1 Å². The number of ether oxygens (including phenoxy) is 2. The van der Waals surface area contributed by atoms with Gasteiger partial charge in [0, 0.05) is 29.4 Å². The Balaban J connectivity index is 1.36. The van der Waals surface area contributed by atoms with Gasteiger partial charge in [-0.25, -0.2) is 0 Å². The van der Waals surface area contributed by atoms with Gasteiger partial charge in [0.05, 0.1) is 6.20 Å². The highest BCUT2D eigenvalue weighted by Gasteiger charge is 2.01. The Hall–Kier alpha value is -2.50. The number of hydrogen-bond acceptors (Lipinski definition) is 4. The van der Waals surface area contributed by atoms with Crippen molar-refractivity contribution >= 4 is 11.6 Å². The van der Waals surface area contributed by atoms with Crippen molar-refractivity contribution in [3.05, 3.63) is 76.6 Å². The van der Waals surface area contributed by atoms with Crippen LogP contribution in [-0.4, -0.2) is 23.4 Å². The minimum atomic E-state index is 0.481. The Morgan fingerprint density at radius 3 is 2.12 bits per heavy atom. The molecule has 2 aromatic carbocycles. The Kier molecular flexibility index (Phi) is 6.52. The number of benzene rings is 2. The summed E-state index contributed by atoms with van der Waals surface area (Å²) in [6.07, 6.45) is 1.85. The number of nitrogens with one attached hydrogen (secondary N) is 2. The van der Waals surface area contributed by atoms with E-state index in [2.05, 4.69) is 27.6 Å². The molecule has 0 aliphatic rings. The largest absolute Gasteiger partial charge is 0.490 e. The average Bonchev–Trinajstić information content (AvgIpc) is 3.06. The number of nitrogens with zero attached hydrogens (tertiary/aromatic N) is 1. The van der Waals surface area contributed by atoms with Gasteiger partial charge in [0.1, 0.15) is 24.7 Å². The summed E-state index contributed by atoms with van der Waals surface area (Å²) in [6.45, 7) is 4.58. The van der Waals surface area contributed by atoms with Crippen molar-refractivity contribution in [1.82, 2.24) is 15.5 Å². The van der Waals surface area contributed by atoms with Crippen LogP contribution in [0.2, 0.25) is 5.02 Å². The van der Waals surface area contributed by atoms with Crippen LogP contribution < -0.4 is 14.8 Å². The smallest absolute Gasteiger partial charge is 0.122 e. The number of H-pyrrole nitrogens is 1. The third kappa shape index (κ3) is 5.51. The number of rotatable bonds is 9. The van der Waals surface area contributed by atoms with E-state index >= 15 is 0 Å². The Labute approximate surface area is 158 Å². The SMILES string of the molecule is Cc1[nH]ncc1CNCc1ccc(OCCOc2ccc(Cl)cc2)cc1. The van der Waals surface area contributed by atoms with Crippen molar-refractivity contribution in [2.24, 2.45) is 0 Å². The summed E-state index contributed by atoms with van der Waals surface area (Å²) < 4.78 is 11.3. The average molecular weight is 372 g/mol. The van der Waals surface area contributed by atoms with Crippen molar-refractivity contribution in [3.8, 4) is 11.5 Å². The van der Waals surface area contributed by atoms with Crippen LogP contribution in [0, 0.1) is 6.92 Å². The van der Waals surface area contributed by atoms with Crippen LogP contribution in [0.15, 0.2) is 54.7 Å². The Morgan fingerprint density at radius 2 is 1.54 bits per heavy atom. The number of aromatic nitrogens is 2. The van der Waals surface area contributed by atoms with Gasteiger partial charge in [-0.15, -0.1) is 0 Å². The van der Waals surface area contributed by atoms with Gasteiger partial charge in [0.15, 0.2) is 0 Å². The van der Waals surface area contributed by atoms with Crippen molar-refractivity contribution in [2.45, 2.75) is 20.0 Å². The second kappa shape index (κ2) is 9.27. The molecule has 0 amide bonds. The Morgan fingerprint density at radius 1 is 0.923 bits per heavy atom. The maximum atomic E-state index is 5.84. The molecule has 1 aromatic heterocycles. The molecule has 136 valence electrons. The molecule has 3 aromatic rings. The van der Waals surface area contributed by atoms with E-state index in [1.54, 1.807) is 12.1 Å². The highest BCUT2D eigenvalue weighted by Crippen LogP contribution is 2.16. The second-order valence-corrected chi connectivity index (χ2v) is 6.36. The molecule has 2 N–H and O–H groups in total. The third-order valence-electron chi connectivity index (χ3n) is 3.94. The molecule has 0 radical (unpaired) electrons. The van der Waals surface area contributed by atoms with Gasteiger partial charge in [0.25, 0.3) is 0 Å². The van der Waals surface area contributed by atoms with Crippen molar-refractivity contribution in [3.63, 3.8) is 0 Å². The predicted molar refractivity (Wildman–Crippen MR) is 103 cm³/mol. The van der Waals surface area contributed by atoms with Crippen LogP contribution in [0.25, 0.3) is 0 Å². The minimum absolute atomic E-state index is 0.481. The van der Waals surface area contributed by atoms with Gasteiger partial charge in [0.2, 0.25) is 0 Å². The third-order valence-corrected chi connectivity index (χ3v) is 4.19. The van der Waals surface area contributed by atoms with E-state index in [-0.39, 0.29) is 0 Å². The van der Waals surface area contributed by atoms with E-state index in [9.17, 15) is 0 Å². The summed E-state index contributed by atoms with van der Waals surface area (Å²) in [5.41, 5.74) is 3.49. The molecule has 6 heteroatoms. The Bertz CT molecular complexity index is 801. The van der Waals surface area contributed by atoms with E-state index in [1.165, 1.54) is 11.1 Å². The molecule has 0 saturated heterocycles. The molecule has 0 bridgehead atoms. The van der Waals surface area contributed by atoms with Crippen LogP contribution in [0.4, 0.5) is 0 Å². The lowest BCUT2D eigenvalue weighted by atomic mass is 10.2. The molecule has 0 unspecified atom stereocenters. The lowest BCUT2D eigenvalue weighted by Gasteiger charge is -2.09. The van der Waals surface area contributed by atoms with E-state index in [0.717, 1.165) is 30.3 Å². The summed E-state index contributed by atoms with van der Waals surface area (Å²) in [5, 5.41) is 11.1. The number of aromatic amines is 1. The first kappa shape index (κ1) is 18.3. The molecule has 1 heterocycles. The van der Waals surface area contributed by atoms with E-state index in [0.29, 0.717) is 18.2 Å². The summed E-state index contributed by atoms with van der Waals surface area (Å²) in [6, 6.07) is 15.4.